The number of anilines is 1. The third-order valence-corrected chi connectivity index (χ3v) is 6.04. The number of nitrogens with zero attached hydrogens (tertiary/aromatic N) is 1. The zero-order chi connectivity index (χ0) is 17.4. The fraction of sp³-hybridized carbons (Fsp3) is 0.286. The van der Waals surface area contributed by atoms with Gasteiger partial charge < -0.3 is 10.4 Å². The highest BCUT2D eigenvalue weighted by Crippen LogP contribution is 2.51. The maximum atomic E-state index is 10.0. The highest BCUT2D eigenvalue weighted by molar-refractivity contribution is 7.13. The Labute approximate surface area is 152 Å². The van der Waals surface area contributed by atoms with E-state index in [1.165, 1.54) is 16.7 Å². The number of benzene rings is 2. The molecule has 1 aromatic heterocycles. The molecule has 4 rings (SSSR count). The Bertz CT molecular complexity index is 890. The van der Waals surface area contributed by atoms with Crippen molar-refractivity contribution in [2.24, 2.45) is 5.41 Å². The maximum absolute atomic E-state index is 10.0. The number of thiazole rings is 1. The van der Waals surface area contributed by atoms with Crippen molar-refractivity contribution in [1.82, 2.24) is 4.98 Å². The van der Waals surface area contributed by atoms with E-state index in [4.69, 9.17) is 0 Å². The van der Waals surface area contributed by atoms with Crippen molar-refractivity contribution >= 4 is 16.5 Å². The van der Waals surface area contributed by atoms with Crippen LogP contribution in [0.4, 0.5) is 5.13 Å². The molecule has 0 unspecified atom stereocenters. The molecule has 2 N–H and O–H groups in total. The van der Waals surface area contributed by atoms with Crippen molar-refractivity contribution in [2.75, 3.05) is 11.9 Å². The summed E-state index contributed by atoms with van der Waals surface area (Å²) < 4.78 is 0. The van der Waals surface area contributed by atoms with Crippen molar-refractivity contribution < 1.29 is 5.11 Å². The lowest BCUT2D eigenvalue weighted by molar-refractivity contribution is 0.329. The molecule has 0 bridgehead atoms. The zero-order valence-corrected chi connectivity index (χ0v) is 15.3. The summed E-state index contributed by atoms with van der Waals surface area (Å²) in [4.78, 5) is 4.53. The van der Waals surface area contributed by atoms with Crippen molar-refractivity contribution in [2.45, 2.75) is 26.2 Å². The molecule has 1 heterocycles. The van der Waals surface area contributed by atoms with Gasteiger partial charge in [0.1, 0.15) is 5.75 Å². The molecule has 1 aliphatic carbocycles. The van der Waals surface area contributed by atoms with Gasteiger partial charge in [0.2, 0.25) is 0 Å². The summed E-state index contributed by atoms with van der Waals surface area (Å²) in [7, 11) is 0. The number of hydrogen-bond donors (Lipinski definition) is 2. The minimum absolute atomic E-state index is 0.0249. The molecule has 128 valence electrons. The molecule has 1 aliphatic rings. The van der Waals surface area contributed by atoms with E-state index in [-0.39, 0.29) is 11.3 Å². The number of phenols is 1. The van der Waals surface area contributed by atoms with Crippen LogP contribution in [0.3, 0.4) is 0 Å². The van der Waals surface area contributed by atoms with Crippen molar-refractivity contribution in [3.05, 3.63) is 76.3 Å². The molecule has 3 aromatic rings. The molecule has 0 radical (unpaired) electrons. The molecule has 4 heteroatoms. The van der Waals surface area contributed by atoms with E-state index in [0.29, 0.717) is 5.75 Å². The van der Waals surface area contributed by atoms with E-state index in [1.54, 1.807) is 17.4 Å². The molecular weight excluding hydrogens is 328 g/mol. The standard InChI is InChI=1S/C21H22N2OS/c1-14-12-25-20(23-14)22-13-21(2)11-16-8-9-17(24)10-18(16)19(21)15-6-4-3-5-7-15/h3-10,12,19,24H,11,13H2,1-2H3,(H,22,23)/t19-,21-/m0/s1. The lowest BCUT2D eigenvalue weighted by Gasteiger charge is -2.33. The minimum Gasteiger partial charge on any atom is -0.508 e. The molecule has 0 saturated heterocycles. The maximum Gasteiger partial charge on any atom is 0.182 e. The van der Waals surface area contributed by atoms with Crippen LogP contribution in [0.5, 0.6) is 5.75 Å². The number of rotatable bonds is 4. The van der Waals surface area contributed by atoms with Gasteiger partial charge in [-0.05, 0) is 47.6 Å². The van der Waals surface area contributed by atoms with E-state index in [0.717, 1.165) is 23.8 Å². The molecular formula is C21H22N2OS. The summed E-state index contributed by atoms with van der Waals surface area (Å²) in [5.41, 5.74) is 4.94. The van der Waals surface area contributed by atoms with Gasteiger partial charge in [-0.25, -0.2) is 4.98 Å². The van der Waals surface area contributed by atoms with Crippen LogP contribution in [0.15, 0.2) is 53.9 Å². The van der Waals surface area contributed by atoms with Crippen molar-refractivity contribution in [3.63, 3.8) is 0 Å². The van der Waals surface area contributed by atoms with E-state index in [1.807, 2.05) is 13.0 Å². The monoisotopic (exact) mass is 350 g/mol. The smallest absolute Gasteiger partial charge is 0.182 e. The van der Waals surface area contributed by atoms with Gasteiger partial charge in [-0.15, -0.1) is 11.3 Å². The number of nitrogens with one attached hydrogen (secondary N) is 1. The second-order valence-electron chi connectivity index (χ2n) is 7.21. The number of phenolic OH excluding ortho intramolecular Hbond substituents is 1. The zero-order valence-electron chi connectivity index (χ0n) is 14.5. The summed E-state index contributed by atoms with van der Waals surface area (Å²) in [5.74, 6) is 0.594. The van der Waals surface area contributed by atoms with Gasteiger partial charge in [0, 0.05) is 17.8 Å². The molecule has 0 fully saturated rings. The molecule has 2 atom stereocenters. The van der Waals surface area contributed by atoms with Gasteiger partial charge >= 0.3 is 0 Å². The summed E-state index contributed by atoms with van der Waals surface area (Å²) in [5, 5.41) is 16.6. The number of aromatic nitrogens is 1. The van der Waals surface area contributed by atoms with Gasteiger partial charge in [0.15, 0.2) is 5.13 Å². The van der Waals surface area contributed by atoms with E-state index in [2.05, 4.69) is 59.0 Å². The number of fused-ring (bicyclic) bond motifs is 1. The Balaban J connectivity index is 1.70. The Hall–Kier alpha value is -2.33. The topological polar surface area (TPSA) is 45.1 Å². The molecule has 25 heavy (non-hydrogen) atoms. The first-order chi connectivity index (χ1) is 12.0. The van der Waals surface area contributed by atoms with Crippen LogP contribution in [0, 0.1) is 12.3 Å². The Morgan fingerprint density at radius 3 is 2.76 bits per heavy atom. The minimum atomic E-state index is 0.0249. The number of aromatic hydroxyl groups is 1. The van der Waals surface area contributed by atoms with E-state index < -0.39 is 0 Å². The summed E-state index contributed by atoms with van der Waals surface area (Å²) >= 11 is 1.65. The average Bonchev–Trinajstić information content (AvgIpc) is 3.14. The second-order valence-corrected chi connectivity index (χ2v) is 8.06. The van der Waals surface area contributed by atoms with Crippen LogP contribution >= 0.6 is 11.3 Å². The fourth-order valence-electron chi connectivity index (χ4n) is 4.03. The summed E-state index contributed by atoms with van der Waals surface area (Å²) in [6, 6.07) is 16.4. The van der Waals surface area contributed by atoms with Crippen LogP contribution < -0.4 is 5.32 Å². The molecule has 0 saturated carbocycles. The van der Waals surface area contributed by atoms with Gasteiger partial charge in [0.25, 0.3) is 0 Å². The van der Waals surface area contributed by atoms with Gasteiger partial charge in [0.05, 0.1) is 5.69 Å². The van der Waals surface area contributed by atoms with Crippen LogP contribution in [0.25, 0.3) is 0 Å². The predicted molar refractivity (Wildman–Crippen MR) is 104 cm³/mol. The normalized spacial score (nSPS) is 21.9. The van der Waals surface area contributed by atoms with Crippen LogP contribution in [0.1, 0.15) is 35.2 Å². The molecule has 0 aliphatic heterocycles. The predicted octanol–water partition coefficient (Wildman–Crippen LogP) is 4.96. The molecule has 2 aromatic carbocycles. The number of aryl methyl sites for hydroxylation is 1. The lowest BCUT2D eigenvalue weighted by Crippen LogP contribution is -2.31. The SMILES string of the molecule is Cc1csc(NC[C@]2(C)Cc3ccc(O)cc3[C@@H]2c2ccccc2)n1. The quantitative estimate of drug-likeness (QED) is 0.699. The molecule has 0 spiro atoms. The first kappa shape index (κ1) is 16.2. The lowest BCUT2D eigenvalue weighted by atomic mass is 9.74. The first-order valence-corrected chi connectivity index (χ1v) is 9.46. The summed E-state index contributed by atoms with van der Waals surface area (Å²) in [6.45, 7) is 5.19. The third kappa shape index (κ3) is 3.02. The van der Waals surface area contributed by atoms with Crippen LogP contribution in [-0.2, 0) is 6.42 Å². The van der Waals surface area contributed by atoms with Crippen LogP contribution in [0.2, 0.25) is 0 Å². The highest BCUT2D eigenvalue weighted by atomic mass is 32.1. The average molecular weight is 350 g/mol. The fourth-order valence-corrected chi connectivity index (χ4v) is 4.72. The van der Waals surface area contributed by atoms with Gasteiger partial charge in [-0.1, -0.05) is 43.3 Å². The Kier molecular flexibility index (Phi) is 4.00. The summed E-state index contributed by atoms with van der Waals surface area (Å²) in [6.07, 6.45) is 0.986. The number of hydrogen-bond acceptors (Lipinski definition) is 4. The second kappa shape index (κ2) is 6.19. The first-order valence-electron chi connectivity index (χ1n) is 8.58. The van der Waals surface area contributed by atoms with Gasteiger partial charge in [-0.2, -0.15) is 0 Å². The van der Waals surface area contributed by atoms with Crippen LogP contribution in [-0.4, -0.2) is 16.6 Å². The van der Waals surface area contributed by atoms with Crippen molar-refractivity contribution in [3.8, 4) is 5.75 Å². The highest BCUT2D eigenvalue weighted by Gasteiger charge is 2.43. The van der Waals surface area contributed by atoms with Gasteiger partial charge in [-0.3, -0.25) is 0 Å². The van der Waals surface area contributed by atoms with Crippen molar-refractivity contribution in [1.29, 1.82) is 0 Å². The Morgan fingerprint density at radius 2 is 2.04 bits per heavy atom. The molecule has 3 nitrogen and oxygen atoms in total. The Morgan fingerprint density at radius 1 is 1.24 bits per heavy atom. The third-order valence-electron chi connectivity index (χ3n) is 5.13. The van der Waals surface area contributed by atoms with E-state index in [9.17, 15) is 5.11 Å². The largest absolute Gasteiger partial charge is 0.508 e. The molecule has 0 amide bonds. The van der Waals surface area contributed by atoms with E-state index >= 15 is 0 Å².